The van der Waals surface area contributed by atoms with Crippen LogP contribution in [0.2, 0.25) is 0 Å². The molecule has 21 heavy (non-hydrogen) atoms. The summed E-state index contributed by atoms with van der Waals surface area (Å²) in [4.78, 5) is 13.3. The van der Waals surface area contributed by atoms with E-state index in [9.17, 15) is 23.1 Å². The van der Waals surface area contributed by atoms with Crippen molar-refractivity contribution in [3.05, 3.63) is 29.8 Å². The monoisotopic (exact) mass is 301 g/mol. The van der Waals surface area contributed by atoms with Crippen LogP contribution >= 0.6 is 0 Å². The molecule has 0 spiro atoms. The number of Topliss-reactive ketones (excluding diaryl/α,β-unsaturated/α-hetero) is 1. The van der Waals surface area contributed by atoms with Gasteiger partial charge in [0, 0.05) is 24.2 Å². The zero-order chi connectivity index (χ0) is 15.7. The van der Waals surface area contributed by atoms with Gasteiger partial charge in [-0.15, -0.1) is 0 Å². The number of ketones is 1. The predicted octanol–water partition coefficient (Wildman–Crippen LogP) is 3.17. The number of hydrogen-bond donors (Lipinski definition) is 1. The van der Waals surface area contributed by atoms with Gasteiger partial charge in [0.1, 0.15) is 0 Å². The fraction of sp³-hybridized carbons (Fsp3) is 0.533. The molecule has 1 aromatic rings. The number of hydrogen-bond acceptors (Lipinski definition) is 3. The molecule has 1 aromatic carbocycles. The normalized spacial score (nSPS) is 18.3. The van der Waals surface area contributed by atoms with E-state index in [1.165, 1.54) is 4.90 Å². The first-order chi connectivity index (χ1) is 9.78. The average Bonchev–Trinajstić information content (AvgIpc) is 2.41. The summed E-state index contributed by atoms with van der Waals surface area (Å²) in [6, 6.07) is 6.59. The summed E-state index contributed by atoms with van der Waals surface area (Å²) in [5, 5.41) is 10.0. The summed E-state index contributed by atoms with van der Waals surface area (Å²) in [6.07, 6.45) is -4.66. The molecule has 1 aliphatic rings. The van der Waals surface area contributed by atoms with E-state index >= 15 is 0 Å². The first kappa shape index (κ1) is 15.8. The number of nitrogens with zero attached hydrogens (tertiary/aromatic N) is 1. The SMILES string of the molecule is CCCC(O)(CN1CCC(=O)c2ccccc21)C(F)(F)F. The summed E-state index contributed by atoms with van der Waals surface area (Å²) in [7, 11) is 0. The molecule has 1 N–H and O–H groups in total. The van der Waals surface area contributed by atoms with Crippen molar-refractivity contribution < 1.29 is 23.1 Å². The fourth-order valence-corrected chi connectivity index (χ4v) is 2.68. The van der Waals surface area contributed by atoms with Crippen LogP contribution in [0.3, 0.4) is 0 Å². The van der Waals surface area contributed by atoms with E-state index in [1.807, 2.05) is 0 Å². The minimum absolute atomic E-state index is 0.0760. The van der Waals surface area contributed by atoms with Crippen LogP contribution in [0, 0.1) is 0 Å². The predicted molar refractivity (Wildman–Crippen MR) is 73.5 cm³/mol. The third kappa shape index (κ3) is 3.05. The van der Waals surface area contributed by atoms with Crippen LogP contribution in [0.1, 0.15) is 36.5 Å². The van der Waals surface area contributed by atoms with Gasteiger partial charge in [0.25, 0.3) is 0 Å². The van der Waals surface area contributed by atoms with E-state index in [0.717, 1.165) is 0 Å². The first-order valence-electron chi connectivity index (χ1n) is 6.95. The third-order valence-corrected chi connectivity index (χ3v) is 3.80. The van der Waals surface area contributed by atoms with Gasteiger partial charge in [0.15, 0.2) is 11.4 Å². The summed E-state index contributed by atoms with van der Waals surface area (Å²) in [5.74, 6) is -0.0760. The molecule has 1 unspecified atom stereocenters. The molecule has 0 aliphatic carbocycles. The molecular weight excluding hydrogens is 283 g/mol. The van der Waals surface area contributed by atoms with E-state index in [1.54, 1.807) is 31.2 Å². The number of alkyl halides is 3. The van der Waals surface area contributed by atoms with Crippen molar-refractivity contribution in [3.63, 3.8) is 0 Å². The Morgan fingerprint density at radius 2 is 1.95 bits per heavy atom. The Hall–Kier alpha value is -1.56. The molecule has 2 rings (SSSR count). The van der Waals surface area contributed by atoms with Crippen molar-refractivity contribution in [1.82, 2.24) is 0 Å². The Labute approximate surface area is 121 Å². The lowest BCUT2D eigenvalue weighted by Gasteiger charge is -2.38. The van der Waals surface area contributed by atoms with Crippen LogP contribution in [0.4, 0.5) is 18.9 Å². The molecule has 0 fully saturated rings. The second kappa shape index (κ2) is 5.67. The van der Waals surface area contributed by atoms with Crippen LogP contribution in [0.15, 0.2) is 24.3 Å². The standard InChI is InChI=1S/C15H18F3NO2/c1-2-8-14(21,15(16,17)18)10-19-9-7-13(20)11-5-3-4-6-12(11)19/h3-6,21H,2,7-10H2,1H3. The number of carbonyl (C=O) groups is 1. The molecule has 116 valence electrons. The molecule has 6 heteroatoms. The Balaban J connectivity index is 2.31. The van der Waals surface area contributed by atoms with Crippen molar-refractivity contribution in [1.29, 1.82) is 0 Å². The second-order valence-electron chi connectivity index (χ2n) is 5.39. The second-order valence-corrected chi connectivity index (χ2v) is 5.39. The van der Waals surface area contributed by atoms with Gasteiger partial charge in [0.05, 0.1) is 6.54 Å². The van der Waals surface area contributed by atoms with Gasteiger partial charge in [-0.05, 0) is 18.6 Å². The number of rotatable bonds is 4. The maximum atomic E-state index is 13.2. The van der Waals surface area contributed by atoms with Gasteiger partial charge in [-0.3, -0.25) is 4.79 Å². The highest BCUT2D eigenvalue weighted by atomic mass is 19.4. The number of β-amino-alcohol motifs (C(OH)–C–C–N with tert-alkyl or cyclic N) is 1. The fourth-order valence-electron chi connectivity index (χ4n) is 2.68. The topological polar surface area (TPSA) is 40.5 Å². The number of anilines is 1. The van der Waals surface area contributed by atoms with Crippen molar-refractivity contribution in [2.45, 2.75) is 38.0 Å². The Kier molecular flexibility index (Phi) is 4.27. The van der Waals surface area contributed by atoms with Gasteiger partial charge in [-0.25, -0.2) is 0 Å². The Bertz CT molecular complexity index is 530. The lowest BCUT2D eigenvalue weighted by Crippen LogP contribution is -2.54. The van der Waals surface area contributed by atoms with Crippen LogP contribution in [0.5, 0.6) is 0 Å². The van der Waals surface area contributed by atoms with Crippen molar-refractivity contribution in [2.75, 3.05) is 18.0 Å². The summed E-state index contributed by atoms with van der Waals surface area (Å²) in [5.41, 5.74) is -1.87. The molecule has 3 nitrogen and oxygen atoms in total. The zero-order valence-corrected chi connectivity index (χ0v) is 11.8. The first-order valence-corrected chi connectivity index (χ1v) is 6.95. The van der Waals surface area contributed by atoms with E-state index in [-0.39, 0.29) is 31.6 Å². The largest absolute Gasteiger partial charge is 0.418 e. The number of para-hydroxylation sites is 1. The lowest BCUT2D eigenvalue weighted by atomic mass is 9.93. The highest BCUT2D eigenvalue weighted by Crippen LogP contribution is 2.37. The molecule has 1 heterocycles. The highest BCUT2D eigenvalue weighted by Gasteiger charge is 2.54. The Morgan fingerprint density at radius 1 is 1.29 bits per heavy atom. The van der Waals surface area contributed by atoms with Crippen LogP contribution < -0.4 is 4.90 Å². The van der Waals surface area contributed by atoms with Crippen molar-refractivity contribution in [3.8, 4) is 0 Å². The van der Waals surface area contributed by atoms with E-state index < -0.39 is 18.3 Å². The van der Waals surface area contributed by atoms with Crippen molar-refractivity contribution >= 4 is 11.5 Å². The lowest BCUT2D eigenvalue weighted by molar-refractivity contribution is -0.258. The molecule has 1 aliphatic heterocycles. The number of fused-ring (bicyclic) bond motifs is 1. The molecule has 1 atom stereocenters. The number of aliphatic hydroxyl groups is 1. The van der Waals surface area contributed by atoms with E-state index in [2.05, 4.69) is 0 Å². The molecule has 0 bridgehead atoms. The molecule has 0 saturated carbocycles. The summed E-state index contributed by atoms with van der Waals surface area (Å²) in [6.45, 7) is 1.25. The quantitative estimate of drug-likeness (QED) is 0.928. The minimum Gasteiger partial charge on any atom is -0.379 e. The van der Waals surface area contributed by atoms with Gasteiger partial charge >= 0.3 is 6.18 Å². The average molecular weight is 301 g/mol. The van der Waals surface area contributed by atoms with Gasteiger partial charge in [0.2, 0.25) is 0 Å². The third-order valence-electron chi connectivity index (χ3n) is 3.80. The molecule has 0 aromatic heterocycles. The van der Waals surface area contributed by atoms with Gasteiger partial charge < -0.3 is 10.0 Å². The maximum Gasteiger partial charge on any atom is 0.418 e. The van der Waals surface area contributed by atoms with Crippen LogP contribution in [-0.2, 0) is 0 Å². The van der Waals surface area contributed by atoms with Crippen LogP contribution in [-0.4, -0.2) is 35.8 Å². The number of halogens is 3. The zero-order valence-electron chi connectivity index (χ0n) is 11.8. The van der Waals surface area contributed by atoms with Gasteiger partial charge in [-0.2, -0.15) is 13.2 Å². The van der Waals surface area contributed by atoms with Crippen molar-refractivity contribution in [2.24, 2.45) is 0 Å². The number of carbonyl (C=O) groups excluding carboxylic acids is 1. The maximum absolute atomic E-state index is 13.2. The molecule has 0 saturated heterocycles. The summed E-state index contributed by atoms with van der Waals surface area (Å²) >= 11 is 0. The molecule has 0 amide bonds. The van der Waals surface area contributed by atoms with Gasteiger partial charge in [-0.1, -0.05) is 25.5 Å². The van der Waals surface area contributed by atoms with E-state index in [4.69, 9.17) is 0 Å². The number of benzene rings is 1. The summed E-state index contributed by atoms with van der Waals surface area (Å²) < 4.78 is 39.5. The Morgan fingerprint density at radius 3 is 2.57 bits per heavy atom. The smallest absolute Gasteiger partial charge is 0.379 e. The highest BCUT2D eigenvalue weighted by molar-refractivity contribution is 6.03. The van der Waals surface area contributed by atoms with Crippen LogP contribution in [0.25, 0.3) is 0 Å². The van der Waals surface area contributed by atoms with E-state index in [0.29, 0.717) is 11.3 Å². The molecule has 0 radical (unpaired) electrons. The minimum atomic E-state index is -4.70. The molecular formula is C15H18F3NO2.